The molecule has 0 bridgehead atoms. The number of halogens is 2. The largest absolute Gasteiger partial charge is 0.320 e. The summed E-state index contributed by atoms with van der Waals surface area (Å²) in [5.41, 5.74) is 9.89. The molecule has 3 heteroatoms. The fourth-order valence-electron chi connectivity index (χ4n) is 2.81. The van der Waals surface area contributed by atoms with Crippen LogP contribution in [0.4, 0.5) is 0 Å². The summed E-state index contributed by atoms with van der Waals surface area (Å²) in [6.07, 6.45) is 3.83. The smallest absolute Gasteiger partial charge is 0.0643 e. The van der Waals surface area contributed by atoms with Gasteiger partial charge in [0.25, 0.3) is 0 Å². The summed E-state index contributed by atoms with van der Waals surface area (Å²) >= 11 is 12.4. The Morgan fingerprint density at radius 3 is 2.35 bits per heavy atom. The SMILES string of the molecule is NC(c1ccccc1C1CCC1)c1cccc(Cl)c1Cl. The Bertz CT molecular complexity index is 620. The first-order valence-electron chi connectivity index (χ1n) is 6.97. The fraction of sp³-hybridized carbons (Fsp3) is 0.294. The molecule has 1 aliphatic carbocycles. The zero-order valence-electron chi connectivity index (χ0n) is 11.2. The molecule has 3 rings (SSSR count). The van der Waals surface area contributed by atoms with E-state index in [2.05, 4.69) is 18.2 Å². The number of nitrogens with two attached hydrogens (primary N) is 1. The van der Waals surface area contributed by atoms with Crippen molar-refractivity contribution < 1.29 is 0 Å². The Labute approximate surface area is 129 Å². The zero-order chi connectivity index (χ0) is 14.1. The summed E-state index contributed by atoms with van der Waals surface area (Å²) in [5.74, 6) is 0.648. The highest BCUT2D eigenvalue weighted by atomic mass is 35.5. The molecule has 0 amide bonds. The maximum Gasteiger partial charge on any atom is 0.0643 e. The van der Waals surface area contributed by atoms with Crippen molar-refractivity contribution in [2.24, 2.45) is 5.73 Å². The van der Waals surface area contributed by atoms with E-state index in [4.69, 9.17) is 28.9 Å². The minimum atomic E-state index is -0.224. The second kappa shape index (κ2) is 5.77. The van der Waals surface area contributed by atoms with Gasteiger partial charge in [0.1, 0.15) is 0 Å². The third-order valence-corrected chi connectivity index (χ3v) is 5.03. The van der Waals surface area contributed by atoms with E-state index in [1.807, 2.05) is 18.2 Å². The van der Waals surface area contributed by atoms with Crippen LogP contribution < -0.4 is 5.73 Å². The predicted molar refractivity (Wildman–Crippen MR) is 85.5 cm³/mol. The van der Waals surface area contributed by atoms with E-state index < -0.39 is 0 Å². The van der Waals surface area contributed by atoms with E-state index >= 15 is 0 Å². The predicted octanol–water partition coefficient (Wildman–Crippen LogP) is 5.31. The molecule has 0 aromatic heterocycles. The van der Waals surface area contributed by atoms with Crippen molar-refractivity contribution in [3.05, 3.63) is 69.2 Å². The van der Waals surface area contributed by atoms with Crippen molar-refractivity contribution in [1.29, 1.82) is 0 Å². The molecule has 2 aromatic carbocycles. The Hall–Kier alpha value is -1.02. The molecule has 1 atom stereocenters. The molecule has 1 nitrogen and oxygen atoms in total. The van der Waals surface area contributed by atoms with Crippen molar-refractivity contribution in [2.45, 2.75) is 31.2 Å². The van der Waals surface area contributed by atoms with Gasteiger partial charge in [-0.25, -0.2) is 0 Å². The molecule has 1 saturated carbocycles. The lowest BCUT2D eigenvalue weighted by molar-refractivity contribution is 0.416. The van der Waals surface area contributed by atoms with E-state index in [0.717, 1.165) is 5.56 Å². The lowest BCUT2D eigenvalue weighted by atomic mass is 9.76. The lowest BCUT2D eigenvalue weighted by Crippen LogP contribution is -2.18. The van der Waals surface area contributed by atoms with Crippen molar-refractivity contribution in [3.63, 3.8) is 0 Å². The Kier molecular flexibility index (Phi) is 4.02. The molecule has 2 N–H and O–H groups in total. The van der Waals surface area contributed by atoms with Crippen LogP contribution in [0, 0.1) is 0 Å². The number of benzene rings is 2. The second-order valence-corrected chi connectivity index (χ2v) is 6.16. The molecular weight excluding hydrogens is 289 g/mol. The standard InChI is InChI=1S/C17H17Cl2N/c18-15-10-4-9-14(16(15)19)17(20)13-8-2-1-7-12(13)11-5-3-6-11/h1-2,4,7-11,17H,3,5-6,20H2. The molecular formula is C17H17Cl2N. The molecule has 1 aliphatic rings. The highest BCUT2D eigenvalue weighted by molar-refractivity contribution is 6.42. The molecule has 0 heterocycles. The molecule has 0 aliphatic heterocycles. The summed E-state index contributed by atoms with van der Waals surface area (Å²) in [6, 6.07) is 13.8. The molecule has 1 fully saturated rings. The fourth-order valence-corrected chi connectivity index (χ4v) is 3.24. The van der Waals surface area contributed by atoms with Crippen molar-refractivity contribution in [3.8, 4) is 0 Å². The zero-order valence-corrected chi connectivity index (χ0v) is 12.7. The summed E-state index contributed by atoms with van der Waals surface area (Å²) < 4.78 is 0. The van der Waals surface area contributed by atoms with Crippen LogP contribution in [-0.4, -0.2) is 0 Å². The average molecular weight is 306 g/mol. The molecule has 104 valence electrons. The first kappa shape index (κ1) is 13.9. The maximum absolute atomic E-state index is 6.46. The summed E-state index contributed by atoms with van der Waals surface area (Å²) in [7, 11) is 0. The molecule has 0 saturated heterocycles. The van der Waals surface area contributed by atoms with Crippen LogP contribution >= 0.6 is 23.2 Å². The monoisotopic (exact) mass is 305 g/mol. The van der Waals surface area contributed by atoms with Gasteiger partial charge < -0.3 is 5.73 Å². The number of hydrogen-bond acceptors (Lipinski definition) is 1. The summed E-state index contributed by atoms with van der Waals surface area (Å²) in [4.78, 5) is 0. The van der Waals surface area contributed by atoms with Crippen LogP contribution in [0.5, 0.6) is 0 Å². The average Bonchev–Trinajstić information content (AvgIpc) is 2.40. The quantitative estimate of drug-likeness (QED) is 0.817. The van der Waals surface area contributed by atoms with Gasteiger partial charge in [0.15, 0.2) is 0 Å². The second-order valence-electron chi connectivity index (χ2n) is 5.38. The van der Waals surface area contributed by atoms with Crippen LogP contribution in [0.3, 0.4) is 0 Å². The van der Waals surface area contributed by atoms with Gasteiger partial charge in [-0.3, -0.25) is 0 Å². The number of rotatable bonds is 3. The third-order valence-electron chi connectivity index (χ3n) is 4.19. The molecule has 1 unspecified atom stereocenters. The Morgan fingerprint density at radius 2 is 1.65 bits per heavy atom. The molecule has 0 spiro atoms. The van der Waals surface area contributed by atoms with Crippen LogP contribution in [0.25, 0.3) is 0 Å². The van der Waals surface area contributed by atoms with Crippen molar-refractivity contribution in [1.82, 2.24) is 0 Å². The van der Waals surface area contributed by atoms with Gasteiger partial charge in [-0.05, 0) is 41.5 Å². The number of hydrogen-bond donors (Lipinski definition) is 1. The molecule has 2 aromatic rings. The summed E-state index contributed by atoms with van der Waals surface area (Å²) in [5, 5.41) is 1.12. The highest BCUT2D eigenvalue weighted by Crippen LogP contribution is 2.41. The van der Waals surface area contributed by atoms with E-state index in [-0.39, 0.29) is 6.04 Å². The van der Waals surface area contributed by atoms with Crippen LogP contribution in [0.2, 0.25) is 10.0 Å². The van der Waals surface area contributed by atoms with Gasteiger partial charge in [0.05, 0.1) is 16.1 Å². The minimum Gasteiger partial charge on any atom is -0.320 e. The van der Waals surface area contributed by atoms with E-state index in [9.17, 15) is 0 Å². The van der Waals surface area contributed by atoms with Gasteiger partial charge in [0, 0.05) is 0 Å². The van der Waals surface area contributed by atoms with Gasteiger partial charge >= 0.3 is 0 Å². The van der Waals surface area contributed by atoms with Gasteiger partial charge in [-0.15, -0.1) is 0 Å². The Morgan fingerprint density at radius 1 is 0.950 bits per heavy atom. The van der Waals surface area contributed by atoms with Gasteiger partial charge in [-0.2, -0.15) is 0 Å². The maximum atomic E-state index is 6.46. The van der Waals surface area contributed by atoms with Crippen LogP contribution in [-0.2, 0) is 0 Å². The van der Waals surface area contributed by atoms with Crippen LogP contribution in [0.15, 0.2) is 42.5 Å². The van der Waals surface area contributed by atoms with Crippen molar-refractivity contribution in [2.75, 3.05) is 0 Å². The topological polar surface area (TPSA) is 26.0 Å². The molecule has 0 radical (unpaired) electrons. The Balaban J connectivity index is 2.02. The first-order valence-corrected chi connectivity index (χ1v) is 7.72. The lowest BCUT2D eigenvalue weighted by Gasteiger charge is -2.30. The van der Waals surface area contributed by atoms with E-state index in [1.165, 1.54) is 30.4 Å². The van der Waals surface area contributed by atoms with Crippen molar-refractivity contribution >= 4 is 23.2 Å². The summed E-state index contributed by atoms with van der Waals surface area (Å²) in [6.45, 7) is 0. The minimum absolute atomic E-state index is 0.224. The first-order chi connectivity index (χ1) is 9.68. The van der Waals surface area contributed by atoms with Gasteiger partial charge in [-0.1, -0.05) is 66.0 Å². The normalized spacial score (nSPS) is 16.8. The third kappa shape index (κ3) is 2.46. The van der Waals surface area contributed by atoms with E-state index in [1.54, 1.807) is 6.07 Å². The van der Waals surface area contributed by atoms with Crippen LogP contribution in [0.1, 0.15) is 47.9 Å². The van der Waals surface area contributed by atoms with E-state index in [0.29, 0.717) is 16.0 Å². The van der Waals surface area contributed by atoms with Gasteiger partial charge in [0.2, 0.25) is 0 Å². The highest BCUT2D eigenvalue weighted by Gasteiger charge is 2.25. The molecule has 20 heavy (non-hydrogen) atoms.